The van der Waals surface area contributed by atoms with Gasteiger partial charge in [0.25, 0.3) is 0 Å². The van der Waals surface area contributed by atoms with Crippen molar-refractivity contribution in [3.8, 4) is 6.07 Å². The molecule has 1 fully saturated rings. The van der Waals surface area contributed by atoms with Gasteiger partial charge in [-0.1, -0.05) is 41.3 Å². The maximum atomic E-state index is 9.29. The molecule has 0 aromatic heterocycles. The van der Waals surface area contributed by atoms with Crippen molar-refractivity contribution in [1.82, 2.24) is 0 Å². The zero-order valence-corrected chi connectivity index (χ0v) is 12.3. The number of anilines is 1. The minimum absolute atomic E-state index is 0.144. The predicted octanol–water partition coefficient (Wildman–Crippen LogP) is 4.64. The van der Waals surface area contributed by atoms with Crippen LogP contribution >= 0.6 is 15.9 Å². The van der Waals surface area contributed by atoms with Gasteiger partial charge in [0.15, 0.2) is 0 Å². The van der Waals surface area contributed by atoms with E-state index in [-0.39, 0.29) is 5.92 Å². The first kappa shape index (κ1) is 13.4. The van der Waals surface area contributed by atoms with Crippen molar-refractivity contribution in [2.45, 2.75) is 45.1 Å². The molecule has 1 N–H and O–H groups in total. The third kappa shape index (κ3) is 3.26. The quantitative estimate of drug-likeness (QED) is 0.808. The van der Waals surface area contributed by atoms with Crippen molar-refractivity contribution in [2.75, 3.05) is 5.32 Å². The molecule has 2 unspecified atom stereocenters. The van der Waals surface area contributed by atoms with E-state index in [2.05, 4.69) is 52.4 Å². The Labute approximate surface area is 118 Å². The van der Waals surface area contributed by atoms with E-state index in [0.717, 1.165) is 23.0 Å². The maximum absolute atomic E-state index is 9.29. The van der Waals surface area contributed by atoms with Crippen molar-refractivity contribution < 1.29 is 0 Å². The van der Waals surface area contributed by atoms with Gasteiger partial charge in [0.05, 0.1) is 12.0 Å². The monoisotopic (exact) mass is 306 g/mol. The molecule has 2 rings (SSSR count). The second-order valence-electron chi connectivity index (χ2n) is 5.08. The summed E-state index contributed by atoms with van der Waals surface area (Å²) >= 11 is 3.50. The summed E-state index contributed by atoms with van der Waals surface area (Å²) in [6.45, 7) is 2.10. The average Bonchev–Trinajstić information content (AvgIpc) is 2.59. The van der Waals surface area contributed by atoms with E-state index in [1.54, 1.807) is 0 Å². The predicted molar refractivity (Wildman–Crippen MR) is 78.5 cm³/mol. The van der Waals surface area contributed by atoms with Gasteiger partial charge >= 0.3 is 0 Å². The maximum Gasteiger partial charge on any atom is 0.0677 e. The number of benzene rings is 1. The molecule has 0 saturated heterocycles. The van der Waals surface area contributed by atoms with E-state index >= 15 is 0 Å². The summed E-state index contributed by atoms with van der Waals surface area (Å²) in [5.41, 5.74) is 2.38. The lowest BCUT2D eigenvalue weighted by atomic mass is 9.96. The summed E-state index contributed by atoms with van der Waals surface area (Å²) in [7, 11) is 0. The Morgan fingerprint density at radius 2 is 2.06 bits per heavy atom. The molecule has 0 aliphatic heterocycles. The second kappa shape index (κ2) is 6.24. The first-order valence-corrected chi connectivity index (χ1v) is 7.42. The molecule has 0 amide bonds. The molecule has 1 aromatic carbocycles. The van der Waals surface area contributed by atoms with Crippen LogP contribution in [0.15, 0.2) is 22.7 Å². The van der Waals surface area contributed by atoms with E-state index in [0.29, 0.717) is 6.04 Å². The minimum atomic E-state index is 0.144. The molecule has 0 heterocycles. The first-order valence-electron chi connectivity index (χ1n) is 6.63. The molecule has 96 valence electrons. The van der Waals surface area contributed by atoms with Gasteiger partial charge < -0.3 is 5.32 Å². The number of nitrogens with one attached hydrogen (secondary N) is 1. The standard InChI is InChI=1S/C15H19BrN2/c1-11-7-8-13(16)9-15(11)18-14-6-4-2-3-5-12(14)10-17/h7-9,12,14,18H,2-6H2,1H3. The van der Waals surface area contributed by atoms with Crippen molar-refractivity contribution in [3.05, 3.63) is 28.2 Å². The van der Waals surface area contributed by atoms with Crippen LogP contribution in [-0.4, -0.2) is 6.04 Å². The van der Waals surface area contributed by atoms with Gasteiger partial charge in [0.2, 0.25) is 0 Å². The number of hydrogen-bond donors (Lipinski definition) is 1. The number of halogens is 1. The Morgan fingerprint density at radius 3 is 2.83 bits per heavy atom. The van der Waals surface area contributed by atoms with E-state index in [9.17, 15) is 5.26 Å². The third-order valence-electron chi connectivity index (χ3n) is 3.72. The number of nitrogens with zero attached hydrogens (tertiary/aromatic N) is 1. The Morgan fingerprint density at radius 1 is 1.28 bits per heavy atom. The lowest BCUT2D eigenvalue weighted by Gasteiger charge is -2.23. The van der Waals surface area contributed by atoms with Crippen LogP contribution in [-0.2, 0) is 0 Å². The Bertz CT molecular complexity index is 450. The van der Waals surface area contributed by atoms with E-state index in [1.165, 1.54) is 24.8 Å². The van der Waals surface area contributed by atoms with Crippen molar-refractivity contribution in [2.24, 2.45) is 5.92 Å². The molecule has 2 atom stereocenters. The molecule has 1 saturated carbocycles. The number of nitriles is 1. The Balaban J connectivity index is 2.15. The zero-order chi connectivity index (χ0) is 13.0. The zero-order valence-electron chi connectivity index (χ0n) is 10.7. The van der Waals surface area contributed by atoms with Crippen LogP contribution in [0.1, 0.15) is 37.7 Å². The van der Waals surface area contributed by atoms with Gasteiger partial charge in [-0.05, 0) is 37.5 Å². The SMILES string of the molecule is Cc1ccc(Br)cc1NC1CCCCCC1C#N. The van der Waals surface area contributed by atoms with Gasteiger partial charge in [-0.2, -0.15) is 5.26 Å². The topological polar surface area (TPSA) is 35.8 Å². The lowest BCUT2D eigenvalue weighted by molar-refractivity contribution is 0.514. The average molecular weight is 307 g/mol. The van der Waals surface area contributed by atoms with Gasteiger partial charge in [-0.15, -0.1) is 0 Å². The molecule has 0 radical (unpaired) electrons. The van der Waals surface area contributed by atoms with Gasteiger partial charge in [0.1, 0.15) is 0 Å². The smallest absolute Gasteiger partial charge is 0.0677 e. The largest absolute Gasteiger partial charge is 0.381 e. The Kier molecular flexibility index (Phi) is 4.66. The molecule has 0 bridgehead atoms. The fraction of sp³-hybridized carbons (Fsp3) is 0.533. The number of aryl methyl sites for hydroxylation is 1. The highest BCUT2D eigenvalue weighted by Crippen LogP contribution is 2.28. The van der Waals surface area contributed by atoms with Gasteiger partial charge in [-0.3, -0.25) is 0 Å². The van der Waals surface area contributed by atoms with Crippen LogP contribution in [0.5, 0.6) is 0 Å². The molecule has 1 aliphatic carbocycles. The highest BCUT2D eigenvalue weighted by atomic mass is 79.9. The van der Waals surface area contributed by atoms with Crippen molar-refractivity contribution in [3.63, 3.8) is 0 Å². The molecule has 2 nitrogen and oxygen atoms in total. The van der Waals surface area contributed by atoms with E-state index in [4.69, 9.17) is 0 Å². The minimum Gasteiger partial charge on any atom is -0.381 e. The first-order chi connectivity index (χ1) is 8.70. The fourth-order valence-corrected chi connectivity index (χ4v) is 2.95. The van der Waals surface area contributed by atoms with Crippen LogP contribution in [0, 0.1) is 24.2 Å². The lowest BCUT2D eigenvalue weighted by Crippen LogP contribution is -2.27. The van der Waals surface area contributed by atoms with Crippen LogP contribution in [0.3, 0.4) is 0 Å². The number of rotatable bonds is 2. The molecule has 1 aromatic rings. The van der Waals surface area contributed by atoms with Crippen LogP contribution in [0.4, 0.5) is 5.69 Å². The number of hydrogen-bond acceptors (Lipinski definition) is 2. The third-order valence-corrected chi connectivity index (χ3v) is 4.22. The fourth-order valence-electron chi connectivity index (χ4n) is 2.58. The summed E-state index contributed by atoms with van der Waals surface area (Å²) in [4.78, 5) is 0. The molecular weight excluding hydrogens is 288 g/mol. The molecule has 18 heavy (non-hydrogen) atoms. The normalized spacial score (nSPS) is 24.1. The van der Waals surface area contributed by atoms with E-state index in [1.807, 2.05) is 0 Å². The highest BCUT2D eigenvalue weighted by Gasteiger charge is 2.23. The van der Waals surface area contributed by atoms with Gasteiger partial charge in [-0.25, -0.2) is 0 Å². The van der Waals surface area contributed by atoms with Crippen molar-refractivity contribution in [1.29, 1.82) is 5.26 Å². The van der Waals surface area contributed by atoms with Crippen LogP contribution in [0.2, 0.25) is 0 Å². The van der Waals surface area contributed by atoms with Gasteiger partial charge in [0, 0.05) is 16.2 Å². The summed E-state index contributed by atoms with van der Waals surface area (Å²) < 4.78 is 1.08. The molecule has 1 aliphatic rings. The molecule has 3 heteroatoms. The summed E-state index contributed by atoms with van der Waals surface area (Å²) in [5, 5.41) is 12.9. The Hall–Kier alpha value is -1.01. The highest BCUT2D eigenvalue weighted by molar-refractivity contribution is 9.10. The summed E-state index contributed by atoms with van der Waals surface area (Å²) in [6.07, 6.45) is 5.80. The van der Waals surface area contributed by atoms with E-state index < -0.39 is 0 Å². The molecular formula is C15H19BrN2. The van der Waals surface area contributed by atoms with Crippen LogP contribution < -0.4 is 5.32 Å². The molecule has 0 spiro atoms. The summed E-state index contributed by atoms with van der Waals surface area (Å²) in [6, 6.07) is 9.03. The van der Waals surface area contributed by atoms with Crippen molar-refractivity contribution >= 4 is 21.6 Å². The summed E-state index contributed by atoms with van der Waals surface area (Å²) in [5.74, 6) is 0.144. The second-order valence-corrected chi connectivity index (χ2v) is 6.00. The van der Waals surface area contributed by atoms with Crippen LogP contribution in [0.25, 0.3) is 0 Å².